The Morgan fingerprint density at radius 2 is 1.94 bits per heavy atom. The number of rotatable bonds is 3. The standard InChI is InChI=1S/C23H17F3N4O3/c1-11-8-29-9-12(4-14(29)7-27-11)20-18(26)6-15-21(31)16(23(32)33)10-30(22(15)28-20)19-3-2-13(24)5-17(19)25/h2-6,9-11,27H,7-8H2,1H3,(H,32,33)/t11-/m0/s1. The van der Waals surface area contributed by atoms with E-state index in [-0.39, 0.29) is 28.5 Å². The van der Waals surface area contributed by atoms with Crippen LogP contribution < -0.4 is 10.7 Å². The minimum atomic E-state index is -1.57. The largest absolute Gasteiger partial charge is 0.477 e. The van der Waals surface area contributed by atoms with E-state index in [9.17, 15) is 23.5 Å². The number of hydrogen-bond acceptors (Lipinski definition) is 4. The van der Waals surface area contributed by atoms with Crippen LogP contribution in [0.5, 0.6) is 0 Å². The van der Waals surface area contributed by atoms with Gasteiger partial charge in [0, 0.05) is 48.8 Å². The summed E-state index contributed by atoms with van der Waals surface area (Å²) in [7, 11) is 0. The van der Waals surface area contributed by atoms with Crippen LogP contribution in [0.4, 0.5) is 13.2 Å². The number of nitrogens with one attached hydrogen (secondary N) is 1. The minimum Gasteiger partial charge on any atom is -0.477 e. The van der Waals surface area contributed by atoms with Gasteiger partial charge in [0.05, 0.1) is 11.1 Å². The van der Waals surface area contributed by atoms with Gasteiger partial charge in [-0.1, -0.05) is 0 Å². The first-order valence-electron chi connectivity index (χ1n) is 10.1. The molecule has 4 aromatic rings. The smallest absolute Gasteiger partial charge is 0.341 e. The summed E-state index contributed by atoms with van der Waals surface area (Å²) in [5.41, 5.74) is -0.724. The van der Waals surface area contributed by atoms with Crippen LogP contribution in [0.1, 0.15) is 23.0 Å². The van der Waals surface area contributed by atoms with Crippen LogP contribution >= 0.6 is 0 Å². The molecule has 7 nitrogen and oxygen atoms in total. The van der Waals surface area contributed by atoms with Gasteiger partial charge in [0.2, 0.25) is 5.43 Å². The van der Waals surface area contributed by atoms with Crippen LogP contribution in [0, 0.1) is 17.5 Å². The van der Waals surface area contributed by atoms with Gasteiger partial charge in [0.25, 0.3) is 0 Å². The highest BCUT2D eigenvalue weighted by Crippen LogP contribution is 2.28. The quantitative estimate of drug-likeness (QED) is 0.495. The van der Waals surface area contributed by atoms with E-state index < -0.39 is 34.4 Å². The first-order chi connectivity index (χ1) is 15.7. The Kier molecular flexibility index (Phi) is 4.82. The molecule has 0 saturated carbocycles. The molecule has 0 saturated heterocycles. The molecule has 10 heteroatoms. The van der Waals surface area contributed by atoms with E-state index in [2.05, 4.69) is 10.3 Å². The van der Waals surface area contributed by atoms with E-state index in [1.807, 2.05) is 11.5 Å². The first-order valence-corrected chi connectivity index (χ1v) is 10.1. The maximum atomic E-state index is 15.1. The second-order valence-corrected chi connectivity index (χ2v) is 7.99. The van der Waals surface area contributed by atoms with Crippen molar-refractivity contribution >= 4 is 17.0 Å². The number of aromatic nitrogens is 3. The molecule has 4 heterocycles. The number of pyridine rings is 2. The predicted octanol–water partition coefficient (Wildman–Crippen LogP) is 3.46. The number of halogens is 3. The van der Waals surface area contributed by atoms with Crippen LogP contribution in [0.25, 0.3) is 28.0 Å². The van der Waals surface area contributed by atoms with Gasteiger partial charge in [0.15, 0.2) is 0 Å². The van der Waals surface area contributed by atoms with Crippen LogP contribution in [-0.4, -0.2) is 31.2 Å². The molecule has 168 valence electrons. The number of carboxylic acids is 1. The molecule has 3 aromatic heterocycles. The molecule has 0 spiro atoms. The van der Waals surface area contributed by atoms with Gasteiger partial charge < -0.3 is 15.0 Å². The number of aromatic carboxylic acids is 1. The van der Waals surface area contributed by atoms with Crippen LogP contribution in [0.2, 0.25) is 0 Å². The molecule has 1 aromatic carbocycles. The van der Waals surface area contributed by atoms with Crippen molar-refractivity contribution in [3.05, 3.63) is 81.7 Å². The van der Waals surface area contributed by atoms with E-state index in [1.54, 1.807) is 12.3 Å². The summed E-state index contributed by atoms with van der Waals surface area (Å²) < 4.78 is 46.2. The van der Waals surface area contributed by atoms with E-state index in [4.69, 9.17) is 0 Å². The molecule has 2 N–H and O–H groups in total. The average Bonchev–Trinajstić information content (AvgIpc) is 3.17. The maximum absolute atomic E-state index is 15.1. The summed E-state index contributed by atoms with van der Waals surface area (Å²) in [6.07, 6.45) is 2.66. The van der Waals surface area contributed by atoms with Crippen molar-refractivity contribution in [1.82, 2.24) is 19.4 Å². The predicted molar refractivity (Wildman–Crippen MR) is 114 cm³/mol. The zero-order valence-corrected chi connectivity index (χ0v) is 17.3. The number of fused-ring (bicyclic) bond motifs is 2. The molecule has 1 atom stereocenters. The van der Waals surface area contributed by atoms with E-state index >= 15 is 4.39 Å². The van der Waals surface area contributed by atoms with Crippen LogP contribution in [0.3, 0.4) is 0 Å². The van der Waals surface area contributed by atoms with Gasteiger partial charge in [0.1, 0.15) is 34.4 Å². The topological polar surface area (TPSA) is 89.2 Å². The molecule has 33 heavy (non-hydrogen) atoms. The van der Waals surface area contributed by atoms with Crippen molar-refractivity contribution < 1.29 is 23.1 Å². The summed E-state index contributed by atoms with van der Waals surface area (Å²) in [5.74, 6) is -4.22. The number of hydrogen-bond donors (Lipinski definition) is 2. The molecular weight excluding hydrogens is 437 g/mol. The first kappa shape index (κ1) is 21.0. The fourth-order valence-electron chi connectivity index (χ4n) is 4.08. The van der Waals surface area contributed by atoms with E-state index in [0.717, 1.165) is 34.7 Å². The highest BCUT2D eigenvalue weighted by Gasteiger charge is 2.23. The Balaban J connectivity index is 1.80. The van der Waals surface area contributed by atoms with Gasteiger partial charge >= 0.3 is 5.97 Å². The number of carbonyl (C=O) groups is 1. The van der Waals surface area contributed by atoms with Crippen molar-refractivity contribution in [3.8, 4) is 16.9 Å². The Morgan fingerprint density at radius 3 is 2.67 bits per heavy atom. The molecule has 0 radical (unpaired) electrons. The molecule has 5 rings (SSSR count). The summed E-state index contributed by atoms with van der Waals surface area (Å²) in [6.45, 7) is 3.29. The normalized spacial score (nSPS) is 15.6. The average molecular weight is 454 g/mol. The summed E-state index contributed by atoms with van der Waals surface area (Å²) in [4.78, 5) is 28.6. The molecule has 0 bridgehead atoms. The zero-order valence-electron chi connectivity index (χ0n) is 17.3. The van der Waals surface area contributed by atoms with Crippen molar-refractivity contribution in [2.24, 2.45) is 0 Å². The molecule has 0 aliphatic carbocycles. The molecule has 0 fully saturated rings. The second kappa shape index (κ2) is 7.59. The third-order valence-corrected chi connectivity index (χ3v) is 5.69. The van der Waals surface area contributed by atoms with Crippen molar-refractivity contribution in [3.63, 3.8) is 0 Å². The molecular formula is C23H17F3N4O3. The summed E-state index contributed by atoms with van der Waals surface area (Å²) in [5, 5.41) is 12.4. The zero-order chi connectivity index (χ0) is 23.4. The van der Waals surface area contributed by atoms with Crippen molar-refractivity contribution in [2.45, 2.75) is 26.1 Å². The minimum absolute atomic E-state index is 0.0733. The Morgan fingerprint density at radius 1 is 1.15 bits per heavy atom. The Hall–Kier alpha value is -3.92. The highest BCUT2D eigenvalue weighted by atomic mass is 19.1. The van der Waals surface area contributed by atoms with Gasteiger partial charge in [-0.15, -0.1) is 0 Å². The highest BCUT2D eigenvalue weighted by molar-refractivity contribution is 5.92. The van der Waals surface area contributed by atoms with Crippen molar-refractivity contribution in [2.75, 3.05) is 0 Å². The monoisotopic (exact) mass is 454 g/mol. The van der Waals surface area contributed by atoms with E-state index in [0.29, 0.717) is 24.7 Å². The van der Waals surface area contributed by atoms with Gasteiger partial charge in [-0.25, -0.2) is 22.9 Å². The fourth-order valence-corrected chi connectivity index (χ4v) is 4.08. The fraction of sp³-hybridized carbons (Fsp3) is 0.174. The molecule has 0 unspecified atom stereocenters. The van der Waals surface area contributed by atoms with Crippen LogP contribution in [-0.2, 0) is 13.1 Å². The summed E-state index contributed by atoms with van der Waals surface area (Å²) >= 11 is 0. The maximum Gasteiger partial charge on any atom is 0.341 e. The Bertz CT molecular complexity index is 1510. The Labute approximate surface area is 184 Å². The number of carboxylic acid groups (broad SMARTS) is 1. The lowest BCUT2D eigenvalue weighted by Gasteiger charge is -2.22. The summed E-state index contributed by atoms with van der Waals surface area (Å²) in [6, 6.07) is 5.61. The lowest BCUT2D eigenvalue weighted by Crippen LogP contribution is -2.35. The number of benzene rings is 1. The molecule has 0 amide bonds. The van der Waals surface area contributed by atoms with Gasteiger partial charge in [-0.05, 0) is 31.2 Å². The van der Waals surface area contributed by atoms with Gasteiger partial charge in [-0.2, -0.15) is 0 Å². The van der Waals surface area contributed by atoms with Gasteiger partial charge in [-0.3, -0.25) is 9.36 Å². The molecule has 1 aliphatic rings. The lowest BCUT2D eigenvalue weighted by atomic mass is 10.1. The van der Waals surface area contributed by atoms with Crippen molar-refractivity contribution in [1.29, 1.82) is 0 Å². The third kappa shape index (κ3) is 3.48. The second-order valence-electron chi connectivity index (χ2n) is 7.99. The SMILES string of the molecule is C[C@H]1Cn2cc(-c3nc4c(cc3F)c(=O)c(C(=O)O)cn4-c3ccc(F)cc3F)cc2CN1. The third-order valence-electron chi connectivity index (χ3n) is 5.69. The van der Waals surface area contributed by atoms with E-state index in [1.165, 1.54) is 0 Å². The number of nitrogens with zero attached hydrogens (tertiary/aromatic N) is 3. The molecule has 1 aliphatic heterocycles. The van der Waals surface area contributed by atoms with Crippen LogP contribution in [0.15, 0.2) is 47.5 Å². The lowest BCUT2D eigenvalue weighted by molar-refractivity contribution is 0.0695.